The zero-order valence-electron chi connectivity index (χ0n) is 21.0. The number of nitrogens with zero attached hydrogens (tertiary/aromatic N) is 1. The first-order valence-corrected chi connectivity index (χ1v) is 11.5. The lowest BCUT2D eigenvalue weighted by molar-refractivity contribution is -0.138. The number of alkyl halides is 6. The maximum absolute atomic E-state index is 12.7. The van der Waals surface area contributed by atoms with Crippen LogP contribution in [0.25, 0.3) is 0 Å². The predicted octanol–water partition coefficient (Wildman–Crippen LogP) is 7.92. The normalized spacial score (nSPS) is 14.5. The van der Waals surface area contributed by atoms with Crippen LogP contribution in [0.3, 0.4) is 0 Å². The van der Waals surface area contributed by atoms with Crippen molar-refractivity contribution >= 4 is 5.97 Å². The van der Waals surface area contributed by atoms with Gasteiger partial charge in [0, 0.05) is 6.92 Å². The van der Waals surface area contributed by atoms with E-state index < -0.39 is 29.4 Å². The van der Waals surface area contributed by atoms with Gasteiger partial charge in [0.2, 0.25) is 0 Å². The van der Waals surface area contributed by atoms with Crippen molar-refractivity contribution in [2.24, 2.45) is 0 Å². The smallest absolute Gasteiger partial charge is 0.416 e. The molecule has 0 aliphatic carbocycles. The van der Waals surface area contributed by atoms with E-state index in [-0.39, 0.29) is 6.04 Å². The van der Waals surface area contributed by atoms with Gasteiger partial charge >= 0.3 is 12.4 Å². The molecule has 1 aliphatic rings. The molecule has 202 valence electrons. The summed E-state index contributed by atoms with van der Waals surface area (Å²) in [5.74, 6) is 5.30. The second-order valence-corrected chi connectivity index (χ2v) is 8.55. The number of benzene rings is 2. The zero-order chi connectivity index (χ0) is 28.2. The van der Waals surface area contributed by atoms with Gasteiger partial charge in [-0.3, -0.25) is 9.69 Å². The molecule has 0 bridgehead atoms. The minimum Gasteiger partial charge on any atom is -0.481 e. The summed E-state index contributed by atoms with van der Waals surface area (Å²) in [6.07, 6.45) is -5.11. The fraction of sp³-hybridized carbons (Fsp3) is 0.393. The Labute approximate surface area is 213 Å². The minimum atomic E-state index is -4.30. The molecule has 0 aromatic heterocycles. The molecule has 2 aromatic carbocycles. The first-order chi connectivity index (χ1) is 17.1. The van der Waals surface area contributed by atoms with E-state index >= 15 is 0 Å². The summed E-state index contributed by atoms with van der Waals surface area (Å²) in [4.78, 5) is 11.2. The van der Waals surface area contributed by atoms with E-state index in [1.54, 1.807) is 6.92 Å². The number of allylic oxidation sites excluding steroid dienone is 1. The molecule has 0 spiro atoms. The molecule has 1 heterocycles. The molecule has 0 saturated carbocycles. The van der Waals surface area contributed by atoms with Crippen molar-refractivity contribution in [3.05, 3.63) is 82.9 Å². The van der Waals surface area contributed by atoms with Crippen molar-refractivity contribution in [1.29, 1.82) is 0 Å². The Bertz CT molecular complexity index is 1050. The summed E-state index contributed by atoms with van der Waals surface area (Å²) >= 11 is 0. The number of aliphatic carboxylic acids is 1. The van der Waals surface area contributed by atoms with Gasteiger partial charge < -0.3 is 5.11 Å². The summed E-state index contributed by atoms with van der Waals surface area (Å²) in [5, 5.41) is 7.42. The highest BCUT2D eigenvalue weighted by molar-refractivity contribution is 5.62. The Morgan fingerprint density at radius 1 is 0.865 bits per heavy atom. The summed E-state index contributed by atoms with van der Waals surface area (Å²) in [6.45, 7) is 10.3. The van der Waals surface area contributed by atoms with Crippen LogP contribution < -0.4 is 0 Å². The molecule has 1 fully saturated rings. The maximum atomic E-state index is 12.7. The van der Waals surface area contributed by atoms with Crippen molar-refractivity contribution < 1.29 is 36.2 Å². The van der Waals surface area contributed by atoms with E-state index in [0.717, 1.165) is 73.8 Å². The van der Waals surface area contributed by atoms with Crippen molar-refractivity contribution in [1.82, 2.24) is 4.90 Å². The van der Waals surface area contributed by atoms with Gasteiger partial charge in [-0.05, 0) is 75.2 Å². The van der Waals surface area contributed by atoms with E-state index in [1.807, 2.05) is 6.92 Å². The number of piperidine rings is 1. The average Bonchev–Trinajstić information content (AvgIpc) is 2.79. The van der Waals surface area contributed by atoms with Crippen LogP contribution in [0, 0.1) is 18.8 Å². The number of hydrogen-bond donors (Lipinski definition) is 1. The lowest BCUT2D eigenvalue weighted by Crippen LogP contribution is -2.33. The summed E-state index contributed by atoms with van der Waals surface area (Å²) in [7, 11) is 0. The summed E-state index contributed by atoms with van der Waals surface area (Å²) in [5.41, 5.74) is 1.18. The number of hydrogen-bond acceptors (Lipinski definition) is 2. The monoisotopic (exact) mass is 527 g/mol. The fourth-order valence-corrected chi connectivity index (χ4v) is 3.35. The van der Waals surface area contributed by atoms with Gasteiger partial charge in [-0.15, -0.1) is 0 Å². The molecular weight excluding hydrogens is 496 g/mol. The van der Waals surface area contributed by atoms with E-state index in [0.29, 0.717) is 0 Å². The molecule has 1 atom stereocenters. The van der Waals surface area contributed by atoms with Crippen LogP contribution in [0.5, 0.6) is 0 Å². The van der Waals surface area contributed by atoms with E-state index in [1.165, 1.54) is 30.7 Å². The Morgan fingerprint density at radius 3 is 1.65 bits per heavy atom. The Morgan fingerprint density at radius 2 is 1.27 bits per heavy atom. The topological polar surface area (TPSA) is 40.5 Å². The third-order valence-corrected chi connectivity index (χ3v) is 5.11. The van der Waals surface area contributed by atoms with Crippen molar-refractivity contribution in [3.8, 4) is 11.8 Å². The van der Waals surface area contributed by atoms with Gasteiger partial charge in [-0.25, -0.2) is 0 Å². The Balaban J connectivity index is 0.000000379. The molecule has 9 heteroatoms. The predicted molar refractivity (Wildman–Crippen MR) is 132 cm³/mol. The molecule has 1 unspecified atom stereocenters. The lowest BCUT2D eigenvalue weighted by atomic mass is 10.0. The molecule has 1 N–H and O–H groups in total. The number of rotatable bonds is 2. The number of carboxylic acids is 1. The highest BCUT2D eigenvalue weighted by atomic mass is 19.4. The van der Waals surface area contributed by atoms with Crippen molar-refractivity contribution in [2.75, 3.05) is 13.1 Å². The van der Waals surface area contributed by atoms with Gasteiger partial charge in [0.1, 0.15) is 0 Å². The SMILES string of the molecule is C=C(C)C#CC(c1ccc(C(F)(F)F)cc1)N1CCCCC1.CC(=O)O.Cc1ccc(C(F)(F)F)cc1. The van der Waals surface area contributed by atoms with Crippen LogP contribution in [-0.4, -0.2) is 29.1 Å². The Hall–Kier alpha value is -3.25. The molecule has 0 radical (unpaired) electrons. The molecule has 3 rings (SSSR count). The van der Waals surface area contributed by atoms with Gasteiger partial charge in [0.05, 0.1) is 17.2 Å². The van der Waals surface area contributed by atoms with Crippen LogP contribution >= 0.6 is 0 Å². The van der Waals surface area contributed by atoms with Crippen LogP contribution in [0.2, 0.25) is 0 Å². The van der Waals surface area contributed by atoms with Gasteiger partial charge in [-0.2, -0.15) is 26.3 Å². The van der Waals surface area contributed by atoms with Crippen LogP contribution in [0.15, 0.2) is 60.7 Å². The minimum absolute atomic E-state index is 0.167. The largest absolute Gasteiger partial charge is 0.481 e. The molecule has 1 saturated heterocycles. The standard InChI is InChI=1S/C18H20F3N.C8H7F3.C2H4O2/c1-14(2)6-11-17(22-12-4-3-5-13-22)15-7-9-16(10-8-15)18(19,20)21;1-6-2-4-7(5-3-6)8(9,10)11;1-2(3)4/h7-10,17H,1,3-5,12-13H2,2H3;2-5H,1H3;1H3,(H,3,4). The highest BCUT2D eigenvalue weighted by Gasteiger charge is 2.31. The molecular formula is C28H31F6NO2. The zero-order valence-corrected chi connectivity index (χ0v) is 21.0. The number of likely N-dealkylation sites (tertiary alicyclic amines) is 1. The highest BCUT2D eigenvalue weighted by Crippen LogP contribution is 2.31. The molecule has 1 aliphatic heterocycles. The van der Waals surface area contributed by atoms with E-state index in [2.05, 4.69) is 23.3 Å². The van der Waals surface area contributed by atoms with Crippen molar-refractivity contribution in [2.45, 2.75) is 58.4 Å². The van der Waals surface area contributed by atoms with Crippen LogP contribution in [0.1, 0.15) is 61.4 Å². The molecule has 37 heavy (non-hydrogen) atoms. The average molecular weight is 528 g/mol. The Kier molecular flexibility index (Phi) is 12.4. The van der Waals surface area contributed by atoms with E-state index in [9.17, 15) is 26.3 Å². The number of aryl methyl sites for hydroxylation is 1. The second kappa shape index (κ2) is 14.5. The molecule has 2 aromatic rings. The quantitative estimate of drug-likeness (QED) is 0.319. The first kappa shape index (κ1) is 31.8. The third-order valence-electron chi connectivity index (χ3n) is 5.11. The van der Waals surface area contributed by atoms with Crippen molar-refractivity contribution in [3.63, 3.8) is 0 Å². The van der Waals surface area contributed by atoms with Gasteiger partial charge in [0.25, 0.3) is 5.97 Å². The van der Waals surface area contributed by atoms with Gasteiger partial charge in [-0.1, -0.05) is 54.7 Å². The number of carbonyl (C=O) groups is 1. The number of carboxylic acid groups (broad SMARTS) is 1. The van der Waals surface area contributed by atoms with Gasteiger partial charge in [0.15, 0.2) is 0 Å². The first-order valence-electron chi connectivity index (χ1n) is 11.5. The molecule has 3 nitrogen and oxygen atoms in total. The summed E-state index contributed by atoms with van der Waals surface area (Å²) < 4.78 is 73.8. The second-order valence-electron chi connectivity index (χ2n) is 8.55. The lowest BCUT2D eigenvalue weighted by Gasteiger charge is -2.32. The van der Waals surface area contributed by atoms with Crippen LogP contribution in [0.4, 0.5) is 26.3 Å². The summed E-state index contributed by atoms with van der Waals surface area (Å²) in [6, 6.07) is 10.2. The number of halogens is 6. The fourth-order valence-electron chi connectivity index (χ4n) is 3.35. The van der Waals surface area contributed by atoms with Crippen LogP contribution in [-0.2, 0) is 17.1 Å². The van der Waals surface area contributed by atoms with E-state index in [4.69, 9.17) is 9.90 Å². The third kappa shape index (κ3) is 12.5. The maximum Gasteiger partial charge on any atom is 0.416 e. The molecule has 0 amide bonds.